The number of para-hydroxylation sites is 1. The summed E-state index contributed by atoms with van der Waals surface area (Å²) in [6.07, 6.45) is 0. The third kappa shape index (κ3) is 4.22. The molecular weight excluding hydrogens is 292 g/mol. The van der Waals surface area contributed by atoms with Crippen LogP contribution in [0.5, 0.6) is 0 Å². The number of aliphatic imine (C=N–C) groups is 1. The van der Waals surface area contributed by atoms with E-state index in [1.807, 2.05) is 42.5 Å². The molecule has 0 amide bonds. The molecule has 0 atom stereocenters. The highest BCUT2D eigenvalue weighted by Crippen LogP contribution is 2.14. The highest BCUT2D eigenvalue weighted by atomic mass is 35.5. The fourth-order valence-corrected chi connectivity index (χ4v) is 1.70. The van der Waals surface area contributed by atoms with Crippen LogP contribution in [-0.2, 0) is 0 Å². The second-order valence-corrected chi connectivity index (χ2v) is 4.79. The number of hydrazine groups is 1. The quantitative estimate of drug-likeness (QED) is 0.345. The monoisotopic (exact) mass is 304 g/mol. The van der Waals surface area contributed by atoms with Crippen molar-refractivity contribution in [3.63, 3.8) is 0 Å². The third-order valence-electron chi connectivity index (χ3n) is 2.42. The summed E-state index contributed by atoms with van der Waals surface area (Å²) in [6, 6.07) is 16.9. The molecule has 102 valence electrons. The Morgan fingerprint density at radius 3 is 2.25 bits per heavy atom. The Bertz CT molecular complexity index is 611. The van der Waals surface area contributed by atoms with Crippen molar-refractivity contribution in [3.8, 4) is 0 Å². The van der Waals surface area contributed by atoms with E-state index in [4.69, 9.17) is 29.6 Å². The number of hydrogen-bond donors (Lipinski definition) is 3. The first-order chi connectivity index (χ1) is 9.65. The minimum atomic E-state index is 0.139. The van der Waals surface area contributed by atoms with Gasteiger partial charge in [-0.25, -0.2) is 4.99 Å². The van der Waals surface area contributed by atoms with E-state index >= 15 is 0 Å². The number of amidine groups is 1. The minimum absolute atomic E-state index is 0.139. The summed E-state index contributed by atoms with van der Waals surface area (Å²) in [4.78, 5) is 4.52. The summed E-state index contributed by atoms with van der Waals surface area (Å²) in [5.41, 5.74) is 12.7. The van der Waals surface area contributed by atoms with Gasteiger partial charge in [0.05, 0.1) is 5.69 Å². The van der Waals surface area contributed by atoms with Crippen LogP contribution in [0.15, 0.2) is 59.6 Å². The fourth-order valence-electron chi connectivity index (χ4n) is 1.52. The largest absolute Gasteiger partial charge is 0.375 e. The molecule has 20 heavy (non-hydrogen) atoms. The van der Waals surface area contributed by atoms with Crippen molar-refractivity contribution in [2.75, 3.05) is 0 Å². The van der Waals surface area contributed by atoms with Gasteiger partial charge in [0.25, 0.3) is 0 Å². The maximum atomic E-state index is 5.89. The molecule has 2 aromatic carbocycles. The van der Waals surface area contributed by atoms with Crippen LogP contribution < -0.4 is 16.6 Å². The van der Waals surface area contributed by atoms with Crippen molar-refractivity contribution in [1.29, 1.82) is 0 Å². The van der Waals surface area contributed by atoms with Crippen molar-refractivity contribution in [3.05, 3.63) is 65.2 Å². The predicted octanol–water partition coefficient (Wildman–Crippen LogP) is 2.76. The van der Waals surface area contributed by atoms with Gasteiger partial charge in [0.2, 0.25) is 0 Å². The second-order valence-electron chi connectivity index (χ2n) is 3.92. The predicted molar refractivity (Wildman–Crippen MR) is 87.1 cm³/mol. The summed E-state index contributed by atoms with van der Waals surface area (Å²) < 4.78 is 0. The van der Waals surface area contributed by atoms with Crippen molar-refractivity contribution in [1.82, 2.24) is 10.9 Å². The molecule has 0 bridgehead atoms. The normalized spacial score (nSPS) is 10.9. The van der Waals surface area contributed by atoms with Crippen molar-refractivity contribution in [2.24, 2.45) is 10.7 Å². The van der Waals surface area contributed by atoms with Crippen LogP contribution in [0.2, 0.25) is 5.02 Å². The van der Waals surface area contributed by atoms with Gasteiger partial charge in [0.1, 0.15) is 0 Å². The first kappa shape index (κ1) is 14.3. The molecule has 0 aliphatic heterocycles. The van der Waals surface area contributed by atoms with E-state index in [9.17, 15) is 0 Å². The molecule has 0 spiro atoms. The van der Waals surface area contributed by atoms with E-state index in [-0.39, 0.29) is 5.11 Å². The van der Waals surface area contributed by atoms with Gasteiger partial charge < -0.3 is 5.73 Å². The number of halogens is 1. The molecule has 0 heterocycles. The average Bonchev–Trinajstić information content (AvgIpc) is 2.45. The lowest BCUT2D eigenvalue weighted by Gasteiger charge is -2.11. The Morgan fingerprint density at radius 1 is 1.00 bits per heavy atom. The maximum Gasteiger partial charge on any atom is 0.182 e. The van der Waals surface area contributed by atoms with Gasteiger partial charge in [-0.05, 0) is 48.6 Å². The Kier molecular flexibility index (Phi) is 4.92. The SMILES string of the molecule is NC(=S)NNC(=Nc1ccccc1)c1ccc(Cl)cc1. The topological polar surface area (TPSA) is 62.4 Å². The number of nitrogens with two attached hydrogens (primary N) is 1. The van der Waals surface area contributed by atoms with Crippen molar-refractivity contribution < 1.29 is 0 Å². The van der Waals surface area contributed by atoms with Gasteiger partial charge in [-0.1, -0.05) is 29.8 Å². The summed E-state index contributed by atoms with van der Waals surface area (Å²) in [5, 5.41) is 0.801. The zero-order valence-corrected chi connectivity index (χ0v) is 12.1. The molecule has 0 fully saturated rings. The van der Waals surface area contributed by atoms with E-state index in [2.05, 4.69) is 15.8 Å². The molecule has 4 N–H and O–H groups in total. The van der Waals surface area contributed by atoms with E-state index < -0.39 is 0 Å². The summed E-state index contributed by atoms with van der Waals surface area (Å²) in [7, 11) is 0. The lowest BCUT2D eigenvalue weighted by atomic mass is 10.2. The average molecular weight is 305 g/mol. The summed E-state index contributed by atoms with van der Waals surface area (Å²) in [6.45, 7) is 0. The van der Waals surface area contributed by atoms with Gasteiger partial charge in [-0.15, -0.1) is 0 Å². The van der Waals surface area contributed by atoms with Crippen LogP contribution in [0, 0.1) is 0 Å². The first-order valence-electron chi connectivity index (χ1n) is 5.86. The molecule has 0 aliphatic carbocycles. The van der Waals surface area contributed by atoms with Crippen molar-refractivity contribution in [2.45, 2.75) is 0 Å². The van der Waals surface area contributed by atoms with Crippen LogP contribution in [0.4, 0.5) is 5.69 Å². The highest BCUT2D eigenvalue weighted by Gasteiger charge is 2.04. The zero-order valence-electron chi connectivity index (χ0n) is 10.5. The first-order valence-corrected chi connectivity index (χ1v) is 6.65. The third-order valence-corrected chi connectivity index (χ3v) is 2.77. The fraction of sp³-hybridized carbons (Fsp3) is 0. The molecule has 0 aliphatic rings. The molecule has 0 saturated carbocycles. The number of rotatable bonds is 2. The molecule has 2 rings (SSSR count). The molecule has 6 heteroatoms. The molecule has 2 aromatic rings. The van der Waals surface area contributed by atoms with E-state index in [0.29, 0.717) is 10.9 Å². The Labute approximate surface area is 127 Å². The lowest BCUT2D eigenvalue weighted by Crippen LogP contribution is -2.44. The molecule has 0 radical (unpaired) electrons. The molecule has 4 nitrogen and oxygen atoms in total. The second kappa shape index (κ2) is 6.88. The van der Waals surface area contributed by atoms with E-state index in [1.165, 1.54) is 0 Å². The molecule has 0 aromatic heterocycles. The van der Waals surface area contributed by atoms with Crippen LogP contribution in [0.3, 0.4) is 0 Å². The molecule has 0 saturated heterocycles. The number of benzene rings is 2. The van der Waals surface area contributed by atoms with Gasteiger partial charge in [0, 0.05) is 10.6 Å². The minimum Gasteiger partial charge on any atom is -0.375 e. The van der Waals surface area contributed by atoms with E-state index in [0.717, 1.165) is 11.3 Å². The zero-order chi connectivity index (χ0) is 14.4. The molecular formula is C14H13ClN4S. The standard InChI is InChI=1S/C14H13ClN4S/c15-11-8-6-10(7-9-11)13(18-19-14(16)20)17-12-4-2-1-3-5-12/h1-9H,(H,17,18)(H3,16,19,20). The van der Waals surface area contributed by atoms with Gasteiger partial charge in [0.15, 0.2) is 10.9 Å². The van der Waals surface area contributed by atoms with Gasteiger partial charge >= 0.3 is 0 Å². The number of nitrogens with one attached hydrogen (secondary N) is 2. The molecule has 0 unspecified atom stereocenters. The summed E-state index contributed by atoms with van der Waals surface area (Å²) >= 11 is 10.7. The number of nitrogens with zero attached hydrogens (tertiary/aromatic N) is 1. The smallest absolute Gasteiger partial charge is 0.182 e. The Balaban J connectivity index is 2.31. The highest BCUT2D eigenvalue weighted by molar-refractivity contribution is 7.80. The maximum absolute atomic E-state index is 5.89. The van der Waals surface area contributed by atoms with Crippen LogP contribution in [0.25, 0.3) is 0 Å². The summed E-state index contributed by atoms with van der Waals surface area (Å²) in [5.74, 6) is 0.598. The van der Waals surface area contributed by atoms with Crippen molar-refractivity contribution >= 4 is 40.5 Å². The van der Waals surface area contributed by atoms with Gasteiger partial charge in [-0.2, -0.15) is 0 Å². The van der Waals surface area contributed by atoms with E-state index in [1.54, 1.807) is 12.1 Å². The van der Waals surface area contributed by atoms with Crippen LogP contribution in [-0.4, -0.2) is 10.9 Å². The Morgan fingerprint density at radius 2 is 1.65 bits per heavy atom. The lowest BCUT2D eigenvalue weighted by molar-refractivity contribution is 0.869. The van der Waals surface area contributed by atoms with Crippen LogP contribution in [0.1, 0.15) is 5.56 Å². The van der Waals surface area contributed by atoms with Crippen LogP contribution >= 0.6 is 23.8 Å². The van der Waals surface area contributed by atoms with Gasteiger partial charge in [-0.3, -0.25) is 10.9 Å². The number of thiocarbonyl (C=S) groups is 1. The number of hydrogen-bond acceptors (Lipinski definition) is 2. The Hall–Kier alpha value is -2.11.